The van der Waals surface area contributed by atoms with Crippen LogP contribution in [-0.4, -0.2) is 79.6 Å². The van der Waals surface area contributed by atoms with E-state index < -0.39 is 0 Å². The van der Waals surface area contributed by atoms with Crippen LogP contribution in [0.4, 0.5) is 5.82 Å². The molecular formula is C21H36N6. The maximum atomic E-state index is 4.57. The topological polar surface area (TPSA) is 47.0 Å². The zero-order chi connectivity index (χ0) is 19.1. The van der Waals surface area contributed by atoms with E-state index in [0.717, 1.165) is 50.4 Å². The van der Waals surface area contributed by atoms with Crippen molar-refractivity contribution in [3.05, 3.63) is 24.4 Å². The van der Waals surface area contributed by atoms with E-state index in [1.807, 2.05) is 19.3 Å². The number of aromatic nitrogens is 1. The molecule has 27 heavy (non-hydrogen) atoms. The second-order valence-corrected chi connectivity index (χ2v) is 8.12. The molecule has 3 rings (SSSR count). The Bertz CT molecular complexity index is 574. The van der Waals surface area contributed by atoms with E-state index in [0.29, 0.717) is 6.04 Å². The van der Waals surface area contributed by atoms with Gasteiger partial charge in [-0.1, -0.05) is 19.9 Å². The summed E-state index contributed by atoms with van der Waals surface area (Å²) in [6.45, 7) is 12.1. The molecule has 1 atom stereocenters. The first-order valence-corrected chi connectivity index (χ1v) is 10.5. The lowest BCUT2D eigenvalue weighted by Crippen LogP contribution is -2.54. The minimum Gasteiger partial charge on any atom is -0.355 e. The number of nitrogens with one attached hydrogen (secondary N) is 1. The van der Waals surface area contributed by atoms with Crippen LogP contribution in [0.1, 0.15) is 33.1 Å². The summed E-state index contributed by atoms with van der Waals surface area (Å²) in [6, 6.07) is 6.73. The lowest BCUT2D eigenvalue weighted by Gasteiger charge is -2.38. The van der Waals surface area contributed by atoms with Crippen molar-refractivity contribution in [3.8, 4) is 0 Å². The fourth-order valence-corrected chi connectivity index (χ4v) is 4.24. The predicted octanol–water partition coefficient (Wildman–Crippen LogP) is 2.29. The Morgan fingerprint density at radius 2 is 1.85 bits per heavy atom. The van der Waals surface area contributed by atoms with Crippen LogP contribution < -0.4 is 10.2 Å². The van der Waals surface area contributed by atoms with Crippen LogP contribution in [0.3, 0.4) is 0 Å². The highest BCUT2D eigenvalue weighted by Gasteiger charge is 2.25. The molecule has 1 aromatic heterocycles. The first kappa shape index (κ1) is 19.9. The number of likely N-dealkylation sites (tertiary alicyclic amines) is 1. The minimum atomic E-state index is 0.610. The van der Waals surface area contributed by atoms with Crippen molar-refractivity contribution in [1.29, 1.82) is 0 Å². The molecule has 0 radical (unpaired) electrons. The maximum Gasteiger partial charge on any atom is 0.193 e. The lowest BCUT2D eigenvalue weighted by atomic mass is 10.0. The average Bonchev–Trinajstić information content (AvgIpc) is 3.23. The molecule has 0 aromatic carbocycles. The molecule has 150 valence electrons. The van der Waals surface area contributed by atoms with Gasteiger partial charge in [-0.25, -0.2) is 4.98 Å². The zero-order valence-corrected chi connectivity index (χ0v) is 17.3. The fraction of sp³-hybridized carbons (Fsp3) is 0.714. The number of rotatable bonds is 6. The Morgan fingerprint density at radius 3 is 2.44 bits per heavy atom. The number of hydrogen-bond donors (Lipinski definition) is 1. The molecule has 2 aliphatic heterocycles. The van der Waals surface area contributed by atoms with Crippen LogP contribution in [0.25, 0.3) is 0 Å². The molecule has 1 N–H and O–H groups in total. The second-order valence-electron chi connectivity index (χ2n) is 8.12. The summed E-state index contributed by atoms with van der Waals surface area (Å²) in [6.07, 6.45) is 5.81. The molecule has 2 fully saturated rings. The molecule has 2 saturated heterocycles. The maximum absolute atomic E-state index is 4.57. The molecule has 6 heteroatoms. The van der Waals surface area contributed by atoms with Gasteiger partial charge >= 0.3 is 0 Å². The van der Waals surface area contributed by atoms with Gasteiger partial charge in [0.2, 0.25) is 0 Å². The zero-order valence-electron chi connectivity index (χ0n) is 17.3. The van der Waals surface area contributed by atoms with Gasteiger partial charge in [-0.2, -0.15) is 0 Å². The SMILES string of the molecule is CN=C(NCC(CC(C)C)N1CCCC1)N1CCN(c2ccccn2)CC1. The van der Waals surface area contributed by atoms with E-state index in [-0.39, 0.29) is 0 Å². The van der Waals surface area contributed by atoms with Crippen molar-refractivity contribution in [1.82, 2.24) is 20.1 Å². The Morgan fingerprint density at radius 1 is 1.11 bits per heavy atom. The van der Waals surface area contributed by atoms with E-state index in [9.17, 15) is 0 Å². The summed E-state index contributed by atoms with van der Waals surface area (Å²) >= 11 is 0. The summed E-state index contributed by atoms with van der Waals surface area (Å²) in [7, 11) is 1.90. The Hall–Kier alpha value is -1.82. The largest absolute Gasteiger partial charge is 0.355 e. The van der Waals surface area contributed by atoms with E-state index in [1.54, 1.807) is 0 Å². The molecule has 2 aliphatic rings. The third-order valence-electron chi connectivity index (χ3n) is 5.66. The van der Waals surface area contributed by atoms with Crippen LogP contribution >= 0.6 is 0 Å². The summed E-state index contributed by atoms with van der Waals surface area (Å²) < 4.78 is 0. The Kier molecular flexibility index (Phi) is 7.33. The number of anilines is 1. The summed E-state index contributed by atoms with van der Waals surface area (Å²) in [5.74, 6) is 2.84. The van der Waals surface area contributed by atoms with Crippen molar-refractivity contribution in [2.75, 3.05) is 57.8 Å². The van der Waals surface area contributed by atoms with Gasteiger partial charge in [-0.15, -0.1) is 0 Å². The minimum absolute atomic E-state index is 0.610. The van der Waals surface area contributed by atoms with Gasteiger partial charge in [0.1, 0.15) is 5.82 Å². The van der Waals surface area contributed by atoms with Gasteiger partial charge in [0.25, 0.3) is 0 Å². The Balaban J connectivity index is 1.51. The summed E-state index contributed by atoms with van der Waals surface area (Å²) in [5.41, 5.74) is 0. The highest BCUT2D eigenvalue weighted by molar-refractivity contribution is 5.80. The highest BCUT2D eigenvalue weighted by Crippen LogP contribution is 2.18. The first-order chi connectivity index (χ1) is 13.2. The number of pyridine rings is 1. The van der Waals surface area contributed by atoms with Crippen LogP contribution in [0, 0.1) is 5.92 Å². The van der Waals surface area contributed by atoms with E-state index in [4.69, 9.17) is 0 Å². The molecular weight excluding hydrogens is 336 g/mol. The quantitative estimate of drug-likeness (QED) is 0.613. The summed E-state index contributed by atoms with van der Waals surface area (Å²) in [5, 5.41) is 3.68. The van der Waals surface area contributed by atoms with Crippen LogP contribution in [0.2, 0.25) is 0 Å². The monoisotopic (exact) mass is 372 g/mol. The highest BCUT2D eigenvalue weighted by atomic mass is 15.4. The van der Waals surface area contributed by atoms with Crippen molar-refractivity contribution in [2.45, 2.75) is 39.2 Å². The van der Waals surface area contributed by atoms with E-state index in [1.165, 1.54) is 32.4 Å². The normalized spacial score (nSPS) is 20.4. The standard InChI is InChI=1S/C21H36N6/c1-18(2)16-19(25-10-6-7-11-25)17-24-21(22-3)27-14-12-26(13-15-27)20-8-4-5-9-23-20/h4-5,8-9,18-19H,6-7,10-17H2,1-3H3,(H,22,24). The van der Waals surface area contributed by atoms with Gasteiger partial charge < -0.3 is 15.1 Å². The first-order valence-electron chi connectivity index (χ1n) is 10.5. The van der Waals surface area contributed by atoms with Gasteiger partial charge in [0.15, 0.2) is 5.96 Å². The third-order valence-corrected chi connectivity index (χ3v) is 5.66. The summed E-state index contributed by atoms with van der Waals surface area (Å²) in [4.78, 5) is 16.5. The number of hydrogen-bond acceptors (Lipinski definition) is 4. The number of nitrogens with zero attached hydrogens (tertiary/aromatic N) is 5. The van der Waals surface area contributed by atoms with Crippen molar-refractivity contribution < 1.29 is 0 Å². The average molecular weight is 373 g/mol. The molecule has 0 spiro atoms. The van der Waals surface area contributed by atoms with E-state index in [2.05, 4.69) is 56.0 Å². The van der Waals surface area contributed by atoms with Crippen molar-refractivity contribution in [3.63, 3.8) is 0 Å². The molecule has 1 aromatic rings. The van der Waals surface area contributed by atoms with Crippen molar-refractivity contribution in [2.24, 2.45) is 10.9 Å². The number of piperazine rings is 1. The molecule has 3 heterocycles. The van der Waals surface area contributed by atoms with Gasteiger partial charge in [0.05, 0.1) is 0 Å². The molecule has 0 bridgehead atoms. The van der Waals surface area contributed by atoms with Crippen molar-refractivity contribution >= 4 is 11.8 Å². The number of guanidine groups is 1. The van der Waals surface area contributed by atoms with Gasteiger partial charge in [-0.05, 0) is 50.4 Å². The second kappa shape index (κ2) is 9.93. The Labute approximate surface area is 164 Å². The smallest absolute Gasteiger partial charge is 0.193 e. The third kappa shape index (κ3) is 5.58. The van der Waals surface area contributed by atoms with Crippen LogP contribution in [0.5, 0.6) is 0 Å². The van der Waals surface area contributed by atoms with Gasteiger partial charge in [-0.3, -0.25) is 9.89 Å². The molecule has 0 saturated carbocycles. The molecule has 1 unspecified atom stereocenters. The molecule has 0 aliphatic carbocycles. The molecule has 6 nitrogen and oxygen atoms in total. The van der Waals surface area contributed by atoms with E-state index >= 15 is 0 Å². The fourth-order valence-electron chi connectivity index (χ4n) is 4.24. The number of aliphatic imine (C=N–C) groups is 1. The predicted molar refractivity (Wildman–Crippen MR) is 113 cm³/mol. The van der Waals surface area contributed by atoms with Crippen LogP contribution in [0.15, 0.2) is 29.4 Å². The van der Waals surface area contributed by atoms with Gasteiger partial charge in [0, 0.05) is 52.0 Å². The van der Waals surface area contributed by atoms with Crippen LogP contribution in [-0.2, 0) is 0 Å². The lowest BCUT2D eigenvalue weighted by molar-refractivity contribution is 0.211. The molecule has 0 amide bonds.